The van der Waals surface area contributed by atoms with Crippen molar-refractivity contribution >= 4 is 12.4 Å². The fraction of sp³-hybridized carbons (Fsp3) is 0.333. The van der Waals surface area contributed by atoms with E-state index in [9.17, 15) is 0 Å². The molecule has 0 amide bonds. The summed E-state index contributed by atoms with van der Waals surface area (Å²) in [4.78, 5) is 2.26. The van der Waals surface area contributed by atoms with E-state index in [1.54, 1.807) is 0 Å². The van der Waals surface area contributed by atoms with Gasteiger partial charge in [-0.1, -0.05) is 60.4 Å². The van der Waals surface area contributed by atoms with Gasteiger partial charge in [0.1, 0.15) is 12.4 Å². The Kier molecular flexibility index (Phi) is 9.72. The first-order chi connectivity index (χ1) is 12.4. The van der Waals surface area contributed by atoms with Gasteiger partial charge in [-0.25, -0.2) is 0 Å². The summed E-state index contributed by atoms with van der Waals surface area (Å²) in [5.74, 6) is 7.23. The molecule has 0 atom stereocenters. The highest BCUT2D eigenvalue weighted by molar-refractivity contribution is 5.85. The molecule has 0 unspecified atom stereocenters. The van der Waals surface area contributed by atoms with Gasteiger partial charge in [0.2, 0.25) is 0 Å². The Bertz CT molecular complexity index is 766. The zero-order valence-electron chi connectivity index (χ0n) is 16.7. The van der Waals surface area contributed by atoms with E-state index in [-0.39, 0.29) is 17.8 Å². The molecule has 2 nitrogen and oxygen atoms in total. The van der Waals surface area contributed by atoms with Crippen molar-refractivity contribution in [3.05, 3.63) is 77.9 Å². The van der Waals surface area contributed by atoms with Crippen molar-refractivity contribution in [1.82, 2.24) is 4.90 Å². The van der Waals surface area contributed by atoms with Crippen LogP contribution in [0.4, 0.5) is 0 Å². The average Bonchev–Trinajstić information content (AvgIpc) is 2.60. The van der Waals surface area contributed by atoms with Gasteiger partial charge in [0.15, 0.2) is 0 Å². The predicted octanol–water partition coefficient (Wildman–Crippen LogP) is 5.72. The Hall–Kier alpha value is -2.21. The maximum atomic E-state index is 5.91. The molecule has 0 fully saturated rings. The summed E-state index contributed by atoms with van der Waals surface area (Å²) in [6.45, 7) is 8.69. The second-order valence-electron chi connectivity index (χ2n) is 7.54. The standard InChI is InChI=1S/C24H29NO.ClH/c1-24(2,3)16-9-6-10-17-25(4)19-22-14-11-15-23(18-22)26-20-21-12-7-5-8-13-21;/h5-8,10-15,18H,17,19-20H2,1-4H3;1H/b10-6+;. The molecule has 0 N–H and O–H groups in total. The van der Waals surface area contributed by atoms with Gasteiger partial charge in [-0.05, 0) is 57.2 Å². The van der Waals surface area contributed by atoms with E-state index in [1.807, 2.05) is 36.4 Å². The number of likely N-dealkylation sites (N-methyl/N-ethyl adjacent to an activating group) is 1. The number of nitrogens with zero attached hydrogens (tertiary/aromatic N) is 1. The van der Waals surface area contributed by atoms with E-state index in [0.29, 0.717) is 6.61 Å². The lowest BCUT2D eigenvalue weighted by atomic mass is 9.98. The van der Waals surface area contributed by atoms with Crippen molar-refractivity contribution < 1.29 is 4.74 Å². The largest absolute Gasteiger partial charge is 0.489 e. The molecule has 3 heteroatoms. The Morgan fingerprint density at radius 2 is 1.70 bits per heavy atom. The first-order valence-corrected chi connectivity index (χ1v) is 9.04. The summed E-state index contributed by atoms with van der Waals surface area (Å²) in [7, 11) is 2.11. The fourth-order valence-corrected chi connectivity index (χ4v) is 2.40. The third kappa shape index (κ3) is 9.89. The van der Waals surface area contributed by atoms with E-state index in [4.69, 9.17) is 4.74 Å². The van der Waals surface area contributed by atoms with Crippen LogP contribution in [0, 0.1) is 17.3 Å². The molecular weight excluding hydrogens is 354 g/mol. The maximum Gasteiger partial charge on any atom is 0.120 e. The number of hydrogen-bond acceptors (Lipinski definition) is 2. The predicted molar refractivity (Wildman–Crippen MR) is 117 cm³/mol. The van der Waals surface area contributed by atoms with Crippen molar-refractivity contribution in [1.29, 1.82) is 0 Å². The first kappa shape index (κ1) is 22.8. The van der Waals surface area contributed by atoms with E-state index in [0.717, 1.165) is 18.8 Å². The number of allylic oxidation sites excluding steroid dienone is 1. The van der Waals surface area contributed by atoms with Gasteiger partial charge in [0.25, 0.3) is 0 Å². The molecule has 0 bridgehead atoms. The Balaban J connectivity index is 0.00000364. The number of rotatable bonds is 7. The highest BCUT2D eigenvalue weighted by Gasteiger charge is 2.03. The molecule has 0 heterocycles. The van der Waals surface area contributed by atoms with Crippen LogP contribution in [0.3, 0.4) is 0 Å². The molecule has 0 spiro atoms. The summed E-state index contributed by atoms with van der Waals surface area (Å²) in [5.41, 5.74) is 2.47. The molecule has 0 aliphatic heterocycles. The van der Waals surface area contributed by atoms with Crippen molar-refractivity contribution in [2.45, 2.75) is 33.9 Å². The SMILES string of the molecule is CN(C/C=C/C#CC(C)(C)C)Cc1cccc(OCc2ccccc2)c1.Cl. The molecule has 0 aliphatic rings. The molecule has 0 aliphatic carbocycles. The quantitative estimate of drug-likeness (QED) is 0.566. The highest BCUT2D eigenvalue weighted by atomic mass is 35.5. The molecule has 2 aromatic carbocycles. The third-order valence-corrected chi connectivity index (χ3v) is 3.66. The van der Waals surface area contributed by atoms with Crippen LogP contribution in [-0.2, 0) is 13.2 Å². The van der Waals surface area contributed by atoms with Crippen LogP contribution in [0.15, 0.2) is 66.7 Å². The summed E-state index contributed by atoms with van der Waals surface area (Å²) in [5, 5.41) is 0. The molecule has 27 heavy (non-hydrogen) atoms. The topological polar surface area (TPSA) is 12.5 Å². The van der Waals surface area contributed by atoms with E-state index >= 15 is 0 Å². The van der Waals surface area contributed by atoms with Crippen LogP contribution in [0.2, 0.25) is 0 Å². The molecule has 2 rings (SSSR count). The number of halogens is 1. The average molecular weight is 384 g/mol. The van der Waals surface area contributed by atoms with Gasteiger partial charge in [0, 0.05) is 18.5 Å². The van der Waals surface area contributed by atoms with Crippen LogP contribution < -0.4 is 4.74 Å². The summed E-state index contributed by atoms with van der Waals surface area (Å²) in [6, 6.07) is 18.5. The van der Waals surface area contributed by atoms with E-state index in [1.165, 1.54) is 11.1 Å². The lowest BCUT2D eigenvalue weighted by Gasteiger charge is -2.15. The second-order valence-corrected chi connectivity index (χ2v) is 7.54. The molecular formula is C24H30ClNO. The van der Waals surface area contributed by atoms with Crippen LogP contribution >= 0.6 is 12.4 Å². The fourth-order valence-electron chi connectivity index (χ4n) is 2.40. The molecule has 0 saturated carbocycles. The van der Waals surface area contributed by atoms with Crippen LogP contribution in [-0.4, -0.2) is 18.5 Å². The minimum absolute atomic E-state index is 0. The highest BCUT2D eigenvalue weighted by Crippen LogP contribution is 2.16. The van der Waals surface area contributed by atoms with Crippen LogP contribution in [0.5, 0.6) is 5.75 Å². The Labute approximate surface area is 170 Å². The van der Waals surface area contributed by atoms with Gasteiger partial charge < -0.3 is 4.74 Å². The lowest BCUT2D eigenvalue weighted by Crippen LogP contribution is -2.17. The Morgan fingerprint density at radius 3 is 2.41 bits per heavy atom. The van der Waals surface area contributed by atoms with Gasteiger partial charge in [-0.2, -0.15) is 0 Å². The van der Waals surface area contributed by atoms with Crippen molar-refractivity contribution in [3.8, 4) is 17.6 Å². The monoisotopic (exact) mass is 383 g/mol. The number of hydrogen-bond donors (Lipinski definition) is 0. The van der Waals surface area contributed by atoms with Gasteiger partial charge in [-0.3, -0.25) is 4.90 Å². The van der Waals surface area contributed by atoms with E-state index in [2.05, 4.69) is 74.9 Å². The summed E-state index contributed by atoms with van der Waals surface area (Å²) in [6.07, 6.45) is 4.05. The van der Waals surface area contributed by atoms with Crippen molar-refractivity contribution in [2.24, 2.45) is 5.41 Å². The minimum atomic E-state index is 0. The second kappa shape index (κ2) is 11.5. The third-order valence-electron chi connectivity index (χ3n) is 3.66. The lowest BCUT2D eigenvalue weighted by molar-refractivity contribution is 0.304. The first-order valence-electron chi connectivity index (χ1n) is 9.04. The molecule has 0 saturated heterocycles. The number of ether oxygens (including phenoxy) is 1. The zero-order valence-corrected chi connectivity index (χ0v) is 17.6. The zero-order chi connectivity index (χ0) is 18.8. The van der Waals surface area contributed by atoms with Gasteiger partial charge >= 0.3 is 0 Å². The molecule has 144 valence electrons. The van der Waals surface area contributed by atoms with Crippen molar-refractivity contribution in [2.75, 3.05) is 13.6 Å². The van der Waals surface area contributed by atoms with E-state index < -0.39 is 0 Å². The molecule has 0 aromatic heterocycles. The van der Waals surface area contributed by atoms with Crippen LogP contribution in [0.1, 0.15) is 31.9 Å². The maximum absolute atomic E-state index is 5.91. The minimum Gasteiger partial charge on any atom is -0.489 e. The summed E-state index contributed by atoms with van der Waals surface area (Å²) < 4.78 is 5.91. The van der Waals surface area contributed by atoms with Crippen molar-refractivity contribution in [3.63, 3.8) is 0 Å². The normalized spacial score (nSPS) is 11.0. The van der Waals surface area contributed by atoms with Gasteiger partial charge in [0.05, 0.1) is 0 Å². The molecule has 0 radical (unpaired) electrons. The number of benzene rings is 2. The molecule has 2 aromatic rings. The smallest absolute Gasteiger partial charge is 0.120 e. The summed E-state index contributed by atoms with van der Waals surface area (Å²) >= 11 is 0. The van der Waals surface area contributed by atoms with Gasteiger partial charge in [-0.15, -0.1) is 12.4 Å². The Morgan fingerprint density at radius 1 is 1.00 bits per heavy atom. The van der Waals surface area contributed by atoms with Crippen LogP contribution in [0.25, 0.3) is 0 Å².